The molecule has 0 atom stereocenters. The molecule has 0 bridgehead atoms. The summed E-state index contributed by atoms with van der Waals surface area (Å²) in [5.41, 5.74) is 24.2. The largest absolute Gasteiger partial charge is 0.310 e. The highest BCUT2D eigenvalue weighted by atomic mass is 15.2. The predicted octanol–water partition coefficient (Wildman–Crippen LogP) is 18.3. The molecule has 0 saturated heterocycles. The van der Waals surface area contributed by atoms with E-state index in [0.717, 1.165) is 12.8 Å². The zero-order valence-corrected chi connectivity index (χ0v) is 42.2. The number of para-hydroxylation sites is 1. The summed E-state index contributed by atoms with van der Waals surface area (Å²) < 4.78 is 0. The van der Waals surface area contributed by atoms with E-state index in [9.17, 15) is 0 Å². The van der Waals surface area contributed by atoms with Crippen molar-refractivity contribution in [2.24, 2.45) is 0 Å². The van der Waals surface area contributed by atoms with Gasteiger partial charge >= 0.3 is 0 Å². The van der Waals surface area contributed by atoms with Crippen LogP contribution < -0.4 is 4.90 Å². The van der Waals surface area contributed by atoms with Gasteiger partial charge in [-0.05, 0) is 172 Å². The number of hydrogen-bond acceptors (Lipinski definition) is 1. The lowest BCUT2D eigenvalue weighted by Crippen LogP contribution is -2.31. The minimum atomic E-state index is -0.180. The maximum absolute atomic E-state index is 2.56. The molecule has 0 spiro atoms. The van der Waals surface area contributed by atoms with Crippen LogP contribution in [0.4, 0.5) is 17.1 Å². The molecule has 1 heterocycles. The van der Waals surface area contributed by atoms with Gasteiger partial charge in [-0.15, -0.1) is 0 Å². The Kier molecular flexibility index (Phi) is 9.12. The van der Waals surface area contributed by atoms with Crippen molar-refractivity contribution < 1.29 is 0 Å². The summed E-state index contributed by atoms with van der Waals surface area (Å²) in [6, 6.07) is 70.0. The Morgan fingerprint density at radius 3 is 1.60 bits per heavy atom. The molecule has 1 heteroatoms. The quantitative estimate of drug-likeness (QED) is 0.150. The topological polar surface area (TPSA) is 3.24 Å². The Balaban J connectivity index is 0.880. The fourth-order valence-corrected chi connectivity index (χ4v) is 13.8. The summed E-state index contributed by atoms with van der Waals surface area (Å²) in [6.07, 6.45) is 1.94. The number of hydrogen-bond donors (Lipinski definition) is 0. The van der Waals surface area contributed by atoms with Gasteiger partial charge < -0.3 is 4.90 Å². The molecule has 0 saturated carbocycles. The van der Waals surface area contributed by atoms with Crippen molar-refractivity contribution in [3.8, 4) is 22.3 Å². The van der Waals surface area contributed by atoms with E-state index in [1.54, 1.807) is 0 Å². The summed E-state index contributed by atoms with van der Waals surface area (Å²) in [5.74, 6) is 0. The van der Waals surface area contributed by atoms with E-state index in [1.807, 2.05) is 0 Å². The van der Waals surface area contributed by atoms with Crippen LogP contribution in [0.3, 0.4) is 0 Å². The maximum atomic E-state index is 2.56. The van der Waals surface area contributed by atoms with Crippen molar-refractivity contribution in [2.45, 2.75) is 96.8 Å². The molecule has 0 radical (unpaired) electrons. The molecule has 0 fully saturated rings. The van der Waals surface area contributed by atoms with Gasteiger partial charge in [-0.25, -0.2) is 0 Å². The average Bonchev–Trinajstić information content (AvgIpc) is 3.73. The zero-order valence-electron chi connectivity index (χ0n) is 42.2. The van der Waals surface area contributed by atoms with E-state index < -0.39 is 0 Å². The van der Waals surface area contributed by atoms with Gasteiger partial charge in [0.1, 0.15) is 0 Å². The van der Waals surface area contributed by atoms with Crippen molar-refractivity contribution in [3.05, 3.63) is 243 Å². The van der Waals surface area contributed by atoms with Crippen molar-refractivity contribution in [1.29, 1.82) is 0 Å². The number of fused-ring (bicyclic) bond motifs is 14. The van der Waals surface area contributed by atoms with Gasteiger partial charge in [0.05, 0.1) is 11.4 Å². The maximum Gasteiger partial charge on any atom is 0.0506 e. The molecule has 0 unspecified atom stereocenters. The molecule has 0 N–H and O–H groups in total. The third-order valence-corrected chi connectivity index (χ3v) is 17.6. The van der Waals surface area contributed by atoms with Gasteiger partial charge in [0, 0.05) is 27.3 Å². The van der Waals surface area contributed by atoms with Gasteiger partial charge in [-0.1, -0.05) is 201 Å². The van der Waals surface area contributed by atoms with Gasteiger partial charge in [-0.3, -0.25) is 0 Å². The fourth-order valence-electron chi connectivity index (χ4n) is 13.8. The predicted molar refractivity (Wildman–Crippen MR) is 298 cm³/mol. The van der Waals surface area contributed by atoms with Crippen LogP contribution in [0.5, 0.6) is 0 Å². The average molecular weight is 904 g/mol. The molecule has 70 heavy (non-hydrogen) atoms. The number of aryl methyl sites for hydroxylation is 3. The number of anilines is 3. The molecule has 3 aliphatic rings. The van der Waals surface area contributed by atoms with E-state index in [2.05, 4.69) is 249 Å². The van der Waals surface area contributed by atoms with Crippen LogP contribution in [-0.4, -0.2) is 0 Å². The van der Waals surface area contributed by atoms with Crippen LogP contribution in [0.1, 0.15) is 117 Å². The Hall–Kier alpha value is -7.22. The number of rotatable bonds is 6. The Labute approximate surface area is 414 Å². The minimum Gasteiger partial charge on any atom is -0.310 e. The SMILES string of the molecule is Cc1cc2c(cc1C(C)(C)c1ccccc1CCc1ccc3c4ccc(N5c6ccccc6C(C)(C)c6cc7c(cc65)C(C)(C)c5ccccc5-7)cc4c4ccccc4c3c1)-c1ccccc1C2(C)C. The number of benzene rings is 10. The summed E-state index contributed by atoms with van der Waals surface area (Å²) in [6.45, 7) is 21.5. The lowest BCUT2D eigenvalue weighted by molar-refractivity contribution is 0.622. The first kappa shape index (κ1) is 42.8. The molecule has 1 nitrogen and oxygen atoms in total. The molecule has 342 valence electrons. The lowest BCUT2D eigenvalue weighted by Gasteiger charge is -2.43. The van der Waals surface area contributed by atoms with Gasteiger partial charge in [-0.2, -0.15) is 0 Å². The van der Waals surface area contributed by atoms with E-state index in [1.165, 1.54) is 133 Å². The second kappa shape index (κ2) is 14.9. The summed E-state index contributed by atoms with van der Waals surface area (Å²) in [7, 11) is 0. The van der Waals surface area contributed by atoms with Gasteiger partial charge in [0.2, 0.25) is 0 Å². The van der Waals surface area contributed by atoms with Crippen molar-refractivity contribution in [1.82, 2.24) is 0 Å². The van der Waals surface area contributed by atoms with E-state index in [-0.39, 0.29) is 21.7 Å². The van der Waals surface area contributed by atoms with Crippen LogP contribution in [0.15, 0.2) is 182 Å². The third kappa shape index (κ3) is 5.97. The Morgan fingerprint density at radius 1 is 0.371 bits per heavy atom. The Morgan fingerprint density at radius 2 is 0.900 bits per heavy atom. The molecule has 10 aromatic carbocycles. The summed E-state index contributed by atoms with van der Waals surface area (Å²) >= 11 is 0. The number of nitrogens with zero attached hydrogens (tertiary/aromatic N) is 1. The van der Waals surface area contributed by atoms with E-state index in [0.29, 0.717) is 0 Å². The summed E-state index contributed by atoms with van der Waals surface area (Å²) in [4.78, 5) is 2.56. The fraction of sp³-hybridized carbons (Fsp3) is 0.217. The van der Waals surface area contributed by atoms with Crippen LogP contribution in [0, 0.1) is 6.92 Å². The first-order chi connectivity index (χ1) is 33.7. The van der Waals surface area contributed by atoms with Gasteiger partial charge in [0.15, 0.2) is 0 Å². The smallest absolute Gasteiger partial charge is 0.0506 e. The molecular weight excluding hydrogens is 843 g/mol. The first-order valence-corrected chi connectivity index (χ1v) is 25.6. The van der Waals surface area contributed by atoms with Crippen LogP contribution in [-0.2, 0) is 34.5 Å². The highest BCUT2D eigenvalue weighted by molar-refractivity contribution is 6.26. The second-order valence-electron chi connectivity index (χ2n) is 22.9. The molecule has 13 rings (SSSR count). The molecule has 10 aromatic rings. The highest BCUT2D eigenvalue weighted by Gasteiger charge is 2.43. The minimum absolute atomic E-state index is 0.00509. The van der Waals surface area contributed by atoms with Crippen molar-refractivity contribution in [3.63, 3.8) is 0 Å². The van der Waals surface area contributed by atoms with Crippen molar-refractivity contribution >= 4 is 49.4 Å². The van der Waals surface area contributed by atoms with Crippen LogP contribution >= 0.6 is 0 Å². The Bertz CT molecular complexity index is 3830. The van der Waals surface area contributed by atoms with Crippen LogP contribution in [0.25, 0.3) is 54.6 Å². The molecule has 2 aliphatic carbocycles. The molecular formula is C69H61N. The monoisotopic (exact) mass is 903 g/mol. The normalized spacial score (nSPS) is 15.6. The van der Waals surface area contributed by atoms with Crippen LogP contribution in [0.2, 0.25) is 0 Å². The highest BCUT2D eigenvalue weighted by Crippen LogP contribution is 2.58. The lowest BCUT2D eigenvalue weighted by atomic mass is 9.71. The summed E-state index contributed by atoms with van der Waals surface area (Å²) in [5, 5.41) is 7.81. The van der Waals surface area contributed by atoms with E-state index in [4.69, 9.17) is 0 Å². The van der Waals surface area contributed by atoms with Crippen molar-refractivity contribution in [2.75, 3.05) is 4.90 Å². The van der Waals surface area contributed by atoms with E-state index >= 15 is 0 Å². The molecule has 0 aromatic heterocycles. The third-order valence-electron chi connectivity index (χ3n) is 17.6. The van der Waals surface area contributed by atoms with Gasteiger partial charge in [0.25, 0.3) is 0 Å². The second-order valence-corrected chi connectivity index (χ2v) is 22.9. The zero-order chi connectivity index (χ0) is 48.1. The molecule has 0 amide bonds. The standard InChI is InChI=1S/C69H61N/c1-42-36-61-54(50-23-13-16-26-57(50)67(61,4)5)39-60(42)66(2,3)56-25-15-10-20-44(56)32-30-43-31-34-48-49-35-33-45(38-53(49)47-22-12-11-21-46(47)52(48)37-43)70-64-29-19-18-28-59(64)69(8,9)63-40-55-51-24-14-17-27-58(51)68(6,7)62(55)41-65(63)70/h10-29,31,33-41H,30,32H2,1-9H3. The molecule has 1 aliphatic heterocycles. The first-order valence-electron chi connectivity index (χ1n) is 25.6.